The molecule has 1 aromatic carbocycles. The molecule has 0 saturated carbocycles. The smallest absolute Gasteiger partial charge is 0.417 e. The first-order valence-corrected chi connectivity index (χ1v) is 9.55. The molecular formula is C17H13ClF3N3O3S. The molecule has 3 rings (SSSR count). The van der Waals surface area contributed by atoms with Crippen LogP contribution in [0.3, 0.4) is 0 Å². The number of nitrogens with zero attached hydrogens (tertiary/aromatic N) is 2. The lowest BCUT2D eigenvalue weighted by molar-refractivity contribution is -0.137. The van der Waals surface area contributed by atoms with Crippen LogP contribution in [0.4, 0.5) is 18.9 Å². The Labute approximate surface area is 163 Å². The molecule has 0 aliphatic carbocycles. The van der Waals surface area contributed by atoms with E-state index in [2.05, 4.69) is 9.71 Å². The number of hydrogen-bond donors (Lipinski definition) is 1. The molecular weight excluding hydrogens is 419 g/mol. The molecule has 1 N–H and O–H groups in total. The van der Waals surface area contributed by atoms with Crippen molar-refractivity contribution < 1.29 is 26.3 Å². The number of hydrogen-bond acceptors (Lipinski definition) is 4. The van der Waals surface area contributed by atoms with Crippen molar-refractivity contribution >= 4 is 27.3 Å². The Morgan fingerprint density at radius 3 is 2.43 bits per heavy atom. The van der Waals surface area contributed by atoms with Gasteiger partial charge in [-0.15, -0.1) is 0 Å². The number of anilines is 1. The molecule has 0 amide bonds. The minimum absolute atomic E-state index is 0.144. The number of aromatic nitrogens is 2. The maximum atomic E-state index is 12.8. The van der Waals surface area contributed by atoms with Crippen molar-refractivity contribution in [3.63, 3.8) is 0 Å². The summed E-state index contributed by atoms with van der Waals surface area (Å²) in [6, 6.07) is 9.55. The predicted molar refractivity (Wildman–Crippen MR) is 97.4 cm³/mol. The highest BCUT2D eigenvalue weighted by Crippen LogP contribution is 2.32. The Morgan fingerprint density at radius 2 is 1.86 bits per heavy atom. The zero-order valence-electron chi connectivity index (χ0n) is 14.2. The van der Waals surface area contributed by atoms with Gasteiger partial charge in [0, 0.05) is 18.1 Å². The van der Waals surface area contributed by atoms with E-state index in [0.29, 0.717) is 18.0 Å². The fraction of sp³-hybridized carbons (Fsp3) is 0.118. The van der Waals surface area contributed by atoms with Crippen molar-refractivity contribution in [3.8, 4) is 11.6 Å². The van der Waals surface area contributed by atoms with E-state index in [1.165, 1.54) is 37.6 Å². The van der Waals surface area contributed by atoms with Gasteiger partial charge in [-0.1, -0.05) is 11.6 Å². The first kappa shape index (κ1) is 20.0. The Morgan fingerprint density at radius 1 is 1.18 bits per heavy atom. The van der Waals surface area contributed by atoms with Gasteiger partial charge in [0.2, 0.25) is 0 Å². The van der Waals surface area contributed by atoms with Gasteiger partial charge in [0.1, 0.15) is 5.75 Å². The standard InChI is InChI=1S/C17H13ClF3N3O3S/c1-27-13-6-4-12(5-7-13)23-28(25,26)15-3-2-8-24(15)16-14(18)9-11(10-22-16)17(19,20)21/h2-10,23H,1H3. The fourth-order valence-electron chi connectivity index (χ4n) is 2.39. The Bertz CT molecular complexity index is 1100. The molecule has 0 aliphatic rings. The molecule has 0 bridgehead atoms. The van der Waals surface area contributed by atoms with Crippen molar-refractivity contribution in [3.05, 3.63) is 65.4 Å². The normalized spacial score (nSPS) is 12.0. The van der Waals surface area contributed by atoms with E-state index in [1.807, 2.05) is 0 Å². The molecule has 28 heavy (non-hydrogen) atoms. The third kappa shape index (κ3) is 4.07. The lowest BCUT2D eigenvalue weighted by atomic mass is 10.3. The van der Waals surface area contributed by atoms with Gasteiger partial charge in [0.05, 0.1) is 17.7 Å². The third-order valence-corrected chi connectivity index (χ3v) is 5.37. The number of sulfonamides is 1. The quantitative estimate of drug-likeness (QED) is 0.651. The lowest BCUT2D eigenvalue weighted by Crippen LogP contribution is -2.17. The predicted octanol–water partition coefficient (Wildman–Crippen LogP) is 4.35. The van der Waals surface area contributed by atoms with Crippen LogP contribution in [-0.2, 0) is 16.2 Å². The van der Waals surface area contributed by atoms with E-state index in [1.54, 1.807) is 12.1 Å². The van der Waals surface area contributed by atoms with Crippen molar-refractivity contribution in [2.45, 2.75) is 11.2 Å². The molecule has 0 radical (unpaired) electrons. The fourth-order valence-corrected chi connectivity index (χ4v) is 3.86. The van der Waals surface area contributed by atoms with Crippen LogP contribution in [0, 0.1) is 0 Å². The zero-order valence-corrected chi connectivity index (χ0v) is 15.8. The second kappa shape index (κ2) is 7.36. The number of rotatable bonds is 5. The molecule has 11 heteroatoms. The van der Waals surface area contributed by atoms with Crippen molar-refractivity contribution in [1.82, 2.24) is 9.55 Å². The number of ether oxygens (including phenoxy) is 1. The third-order valence-electron chi connectivity index (χ3n) is 3.71. The number of nitrogens with one attached hydrogen (secondary N) is 1. The van der Waals surface area contributed by atoms with E-state index in [-0.39, 0.29) is 21.6 Å². The number of alkyl halides is 3. The van der Waals surface area contributed by atoms with Crippen molar-refractivity contribution in [2.75, 3.05) is 11.8 Å². The van der Waals surface area contributed by atoms with Gasteiger partial charge in [-0.2, -0.15) is 21.6 Å². The summed E-state index contributed by atoms with van der Waals surface area (Å²) in [6.07, 6.45) is -2.69. The van der Waals surface area contributed by atoms with Crippen LogP contribution in [0.5, 0.6) is 5.75 Å². The summed E-state index contributed by atoms with van der Waals surface area (Å²) in [5, 5.41) is -0.579. The summed E-state index contributed by atoms with van der Waals surface area (Å²) >= 11 is 5.93. The summed E-state index contributed by atoms with van der Waals surface area (Å²) in [5.74, 6) is 0.404. The van der Waals surface area contributed by atoms with Crippen LogP contribution in [0.2, 0.25) is 5.02 Å². The van der Waals surface area contributed by atoms with Crippen LogP contribution in [0.15, 0.2) is 59.9 Å². The largest absolute Gasteiger partial charge is 0.497 e. The Balaban J connectivity index is 1.96. The van der Waals surface area contributed by atoms with E-state index >= 15 is 0 Å². The summed E-state index contributed by atoms with van der Waals surface area (Å²) in [6.45, 7) is 0. The minimum Gasteiger partial charge on any atom is -0.497 e. The molecule has 3 aromatic rings. The lowest BCUT2D eigenvalue weighted by Gasteiger charge is -2.14. The summed E-state index contributed by atoms with van der Waals surface area (Å²) in [7, 11) is -2.59. The highest BCUT2D eigenvalue weighted by atomic mass is 35.5. The van der Waals surface area contributed by atoms with E-state index in [9.17, 15) is 21.6 Å². The molecule has 0 spiro atoms. The van der Waals surface area contributed by atoms with Gasteiger partial charge in [-0.3, -0.25) is 9.29 Å². The average Bonchev–Trinajstić information content (AvgIpc) is 3.12. The highest BCUT2D eigenvalue weighted by molar-refractivity contribution is 7.92. The van der Waals surface area contributed by atoms with Crippen LogP contribution >= 0.6 is 11.6 Å². The molecule has 2 aromatic heterocycles. The molecule has 0 fully saturated rings. The number of methoxy groups -OCH3 is 1. The molecule has 0 atom stereocenters. The minimum atomic E-state index is -4.61. The molecule has 0 aliphatic heterocycles. The molecule has 6 nitrogen and oxygen atoms in total. The van der Waals surface area contributed by atoms with Crippen LogP contribution in [-0.4, -0.2) is 25.1 Å². The Kier molecular flexibility index (Phi) is 5.26. The summed E-state index contributed by atoms with van der Waals surface area (Å²) in [5.41, 5.74) is -0.755. The monoisotopic (exact) mass is 431 g/mol. The van der Waals surface area contributed by atoms with Crippen molar-refractivity contribution in [1.29, 1.82) is 0 Å². The first-order chi connectivity index (χ1) is 13.1. The van der Waals surface area contributed by atoms with Gasteiger partial charge in [-0.05, 0) is 42.5 Å². The van der Waals surface area contributed by atoms with E-state index < -0.39 is 21.8 Å². The number of benzene rings is 1. The Hall–Kier alpha value is -2.72. The molecule has 0 unspecified atom stereocenters. The maximum Gasteiger partial charge on any atom is 0.417 e. The van der Waals surface area contributed by atoms with Gasteiger partial charge in [0.15, 0.2) is 10.8 Å². The zero-order chi connectivity index (χ0) is 20.5. The number of halogens is 4. The van der Waals surface area contributed by atoms with Gasteiger partial charge < -0.3 is 4.74 Å². The van der Waals surface area contributed by atoms with Crippen LogP contribution in [0.1, 0.15) is 5.56 Å². The van der Waals surface area contributed by atoms with Gasteiger partial charge >= 0.3 is 6.18 Å². The topological polar surface area (TPSA) is 73.2 Å². The van der Waals surface area contributed by atoms with Crippen molar-refractivity contribution in [2.24, 2.45) is 0 Å². The van der Waals surface area contributed by atoms with E-state index in [0.717, 1.165) is 4.57 Å². The molecule has 0 saturated heterocycles. The first-order valence-electron chi connectivity index (χ1n) is 7.69. The SMILES string of the molecule is COc1ccc(NS(=O)(=O)c2cccn2-c2ncc(C(F)(F)F)cc2Cl)cc1. The van der Waals surface area contributed by atoms with E-state index in [4.69, 9.17) is 16.3 Å². The molecule has 2 heterocycles. The summed E-state index contributed by atoms with van der Waals surface area (Å²) < 4.78 is 72.3. The van der Waals surface area contributed by atoms with Crippen LogP contribution in [0.25, 0.3) is 5.82 Å². The average molecular weight is 432 g/mol. The van der Waals surface area contributed by atoms with Gasteiger partial charge in [0.25, 0.3) is 10.0 Å². The number of pyridine rings is 1. The highest BCUT2D eigenvalue weighted by Gasteiger charge is 2.32. The second-order valence-corrected chi connectivity index (χ2v) is 7.61. The maximum absolute atomic E-state index is 12.8. The summed E-state index contributed by atoms with van der Waals surface area (Å²) in [4.78, 5) is 3.69. The second-order valence-electron chi connectivity index (χ2n) is 5.58. The van der Waals surface area contributed by atoms with Crippen LogP contribution < -0.4 is 9.46 Å². The molecule has 148 valence electrons. The van der Waals surface area contributed by atoms with Gasteiger partial charge in [-0.25, -0.2) is 4.98 Å².